The molecule has 2 aromatic heterocycles. The molecule has 0 amide bonds. The Kier molecular flexibility index (Phi) is 5.65. The highest BCUT2D eigenvalue weighted by atomic mass is 35.5. The van der Waals surface area contributed by atoms with Crippen LogP contribution in [-0.4, -0.2) is 38.4 Å². The second kappa shape index (κ2) is 7.27. The zero-order valence-corrected chi connectivity index (χ0v) is 14.2. The summed E-state index contributed by atoms with van der Waals surface area (Å²) in [5, 5.41) is 4.55. The molecule has 21 heavy (non-hydrogen) atoms. The fourth-order valence-electron chi connectivity index (χ4n) is 2.51. The first kappa shape index (κ1) is 16.3. The largest absolute Gasteiger partial charge is 0.379 e. The quantitative estimate of drug-likeness (QED) is 0.556. The third kappa shape index (κ3) is 3.58. The van der Waals surface area contributed by atoms with E-state index in [1.54, 1.807) is 0 Å². The molecule has 0 radical (unpaired) electrons. The van der Waals surface area contributed by atoms with Crippen molar-refractivity contribution in [3.63, 3.8) is 0 Å². The number of aryl methyl sites for hydroxylation is 3. The van der Waals surface area contributed by atoms with Gasteiger partial charge in [0.1, 0.15) is 11.3 Å². The van der Waals surface area contributed by atoms with E-state index in [2.05, 4.69) is 30.4 Å². The number of alkyl halides is 1. The van der Waals surface area contributed by atoms with Crippen LogP contribution in [0.4, 0.5) is 0 Å². The van der Waals surface area contributed by atoms with Crippen molar-refractivity contribution in [3.8, 4) is 0 Å². The van der Waals surface area contributed by atoms with Gasteiger partial charge in [-0.15, -0.1) is 11.6 Å². The smallest absolute Gasteiger partial charge is 0.158 e. The van der Waals surface area contributed by atoms with Crippen molar-refractivity contribution in [2.75, 3.05) is 19.1 Å². The molecule has 0 aliphatic rings. The van der Waals surface area contributed by atoms with Crippen LogP contribution in [0.3, 0.4) is 0 Å². The first-order chi connectivity index (χ1) is 10.1. The molecule has 2 aromatic rings. The summed E-state index contributed by atoms with van der Waals surface area (Å²) < 4.78 is 9.83. The van der Waals surface area contributed by atoms with Crippen LogP contribution in [0, 0.1) is 5.92 Å². The minimum Gasteiger partial charge on any atom is -0.379 e. The van der Waals surface area contributed by atoms with Crippen LogP contribution in [0.25, 0.3) is 11.2 Å². The molecule has 118 valence electrons. The fourth-order valence-corrected chi connectivity index (χ4v) is 2.68. The van der Waals surface area contributed by atoms with E-state index in [4.69, 9.17) is 21.3 Å². The van der Waals surface area contributed by atoms with Gasteiger partial charge in [-0.05, 0) is 12.3 Å². The summed E-state index contributed by atoms with van der Waals surface area (Å²) >= 11 is 5.91. The van der Waals surface area contributed by atoms with Gasteiger partial charge in [-0.3, -0.25) is 4.68 Å². The van der Waals surface area contributed by atoms with Gasteiger partial charge in [-0.1, -0.05) is 20.8 Å². The Balaban J connectivity index is 2.25. The predicted octanol–water partition coefficient (Wildman–Crippen LogP) is 2.79. The summed E-state index contributed by atoms with van der Waals surface area (Å²) in [5.41, 5.74) is 3.12. The number of rotatable bonds is 8. The zero-order chi connectivity index (χ0) is 15.4. The second-order valence-corrected chi connectivity index (χ2v) is 6.06. The van der Waals surface area contributed by atoms with E-state index in [0.717, 1.165) is 48.7 Å². The SMILES string of the molecule is CCc1nn(C)c2c1nc(CCCl)n2CCOCC(C)C. The Morgan fingerprint density at radius 2 is 2.10 bits per heavy atom. The standard InChI is InChI=1S/C15H25ClN4O/c1-5-12-14-15(19(4)18-12)20(13(17-14)6-7-16)8-9-21-10-11(2)3/h11H,5-10H2,1-4H3. The highest BCUT2D eigenvalue weighted by Gasteiger charge is 2.17. The molecule has 6 heteroatoms. The minimum absolute atomic E-state index is 0.554. The molecule has 5 nitrogen and oxygen atoms in total. The van der Waals surface area contributed by atoms with Crippen molar-refractivity contribution in [1.82, 2.24) is 19.3 Å². The van der Waals surface area contributed by atoms with Gasteiger partial charge >= 0.3 is 0 Å². The van der Waals surface area contributed by atoms with Crippen molar-refractivity contribution in [2.45, 2.75) is 40.2 Å². The van der Waals surface area contributed by atoms with Crippen molar-refractivity contribution < 1.29 is 4.74 Å². The van der Waals surface area contributed by atoms with E-state index in [-0.39, 0.29) is 0 Å². The lowest BCUT2D eigenvalue weighted by molar-refractivity contribution is 0.103. The number of imidazole rings is 1. The summed E-state index contributed by atoms with van der Waals surface area (Å²) in [6.45, 7) is 8.68. The van der Waals surface area contributed by atoms with Crippen molar-refractivity contribution in [3.05, 3.63) is 11.5 Å². The summed E-state index contributed by atoms with van der Waals surface area (Å²) in [4.78, 5) is 4.75. The van der Waals surface area contributed by atoms with Crippen molar-refractivity contribution >= 4 is 22.8 Å². The van der Waals surface area contributed by atoms with E-state index < -0.39 is 0 Å². The third-order valence-electron chi connectivity index (χ3n) is 3.43. The van der Waals surface area contributed by atoms with E-state index in [9.17, 15) is 0 Å². The van der Waals surface area contributed by atoms with Crippen LogP contribution in [0.2, 0.25) is 0 Å². The van der Waals surface area contributed by atoms with E-state index in [0.29, 0.717) is 18.4 Å². The maximum atomic E-state index is 5.91. The molecule has 0 unspecified atom stereocenters. The molecule has 2 rings (SSSR count). The molecule has 0 saturated carbocycles. The molecule has 2 heterocycles. The zero-order valence-electron chi connectivity index (χ0n) is 13.4. The van der Waals surface area contributed by atoms with Crippen LogP contribution >= 0.6 is 11.6 Å². The van der Waals surface area contributed by atoms with Gasteiger partial charge in [0.05, 0.1) is 12.3 Å². The summed E-state index contributed by atoms with van der Waals surface area (Å²) in [6.07, 6.45) is 1.65. The lowest BCUT2D eigenvalue weighted by Crippen LogP contribution is -2.14. The molecule has 0 fully saturated rings. The molecular formula is C15H25ClN4O. The number of aromatic nitrogens is 4. The van der Waals surface area contributed by atoms with Gasteiger partial charge in [0.2, 0.25) is 0 Å². The predicted molar refractivity (Wildman–Crippen MR) is 86.0 cm³/mol. The van der Waals surface area contributed by atoms with Crippen molar-refractivity contribution in [1.29, 1.82) is 0 Å². The molecule has 0 atom stereocenters. The van der Waals surface area contributed by atoms with Crippen LogP contribution in [0.1, 0.15) is 32.3 Å². The van der Waals surface area contributed by atoms with Crippen LogP contribution in [0.15, 0.2) is 0 Å². The normalized spacial score (nSPS) is 11.9. The second-order valence-electron chi connectivity index (χ2n) is 5.68. The van der Waals surface area contributed by atoms with Gasteiger partial charge < -0.3 is 9.30 Å². The van der Waals surface area contributed by atoms with Gasteiger partial charge in [0.15, 0.2) is 5.65 Å². The number of hydrogen-bond acceptors (Lipinski definition) is 3. The average Bonchev–Trinajstić information content (AvgIpc) is 2.93. The van der Waals surface area contributed by atoms with Gasteiger partial charge in [-0.2, -0.15) is 5.10 Å². The molecule has 0 aliphatic heterocycles. The third-order valence-corrected chi connectivity index (χ3v) is 3.62. The summed E-state index contributed by atoms with van der Waals surface area (Å²) in [7, 11) is 1.97. The number of hydrogen-bond donors (Lipinski definition) is 0. The lowest BCUT2D eigenvalue weighted by atomic mass is 10.2. The molecule has 0 N–H and O–H groups in total. The maximum Gasteiger partial charge on any atom is 0.158 e. The highest BCUT2D eigenvalue weighted by molar-refractivity contribution is 6.17. The molecular weight excluding hydrogens is 288 g/mol. The van der Waals surface area contributed by atoms with Gasteiger partial charge in [0.25, 0.3) is 0 Å². The first-order valence-corrected chi connectivity index (χ1v) is 8.16. The molecule has 0 spiro atoms. The average molecular weight is 313 g/mol. The van der Waals surface area contributed by atoms with Crippen LogP contribution in [0.5, 0.6) is 0 Å². The minimum atomic E-state index is 0.554. The van der Waals surface area contributed by atoms with Crippen molar-refractivity contribution in [2.24, 2.45) is 13.0 Å². The van der Waals surface area contributed by atoms with Gasteiger partial charge in [0, 0.05) is 32.5 Å². The van der Waals surface area contributed by atoms with E-state index in [1.807, 2.05) is 11.7 Å². The Hall–Kier alpha value is -1.07. The first-order valence-electron chi connectivity index (χ1n) is 7.63. The summed E-state index contributed by atoms with van der Waals surface area (Å²) in [6, 6.07) is 0. The topological polar surface area (TPSA) is 44.9 Å². The Morgan fingerprint density at radius 1 is 1.33 bits per heavy atom. The lowest BCUT2D eigenvalue weighted by Gasteiger charge is -2.11. The number of fused-ring (bicyclic) bond motifs is 1. The Labute approximate surface area is 131 Å². The molecule has 0 saturated heterocycles. The molecule has 0 aromatic carbocycles. The number of halogens is 1. The van der Waals surface area contributed by atoms with E-state index in [1.165, 1.54) is 0 Å². The molecule has 0 aliphatic carbocycles. The maximum absolute atomic E-state index is 5.91. The highest BCUT2D eigenvalue weighted by Crippen LogP contribution is 2.20. The number of ether oxygens (including phenoxy) is 1. The van der Waals surface area contributed by atoms with Gasteiger partial charge in [-0.25, -0.2) is 4.98 Å². The molecule has 0 bridgehead atoms. The number of nitrogens with zero attached hydrogens (tertiary/aromatic N) is 4. The van der Waals surface area contributed by atoms with Crippen LogP contribution < -0.4 is 0 Å². The van der Waals surface area contributed by atoms with E-state index >= 15 is 0 Å². The Morgan fingerprint density at radius 3 is 2.71 bits per heavy atom. The fraction of sp³-hybridized carbons (Fsp3) is 0.733. The monoisotopic (exact) mass is 312 g/mol. The Bertz CT molecular complexity index is 588. The summed E-state index contributed by atoms with van der Waals surface area (Å²) in [5.74, 6) is 2.15. The van der Waals surface area contributed by atoms with Crippen LogP contribution in [-0.2, 0) is 31.2 Å².